The number of carbonyl (C=O) groups is 1. The van der Waals surface area contributed by atoms with Crippen LogP contribution in [0.15, 0.2) is 24.3 Å². The van der Waals surface area contributed by atoms with E-state index in [9.17, 15) is 13.2 Å². The molecule has 106 valence electrons. The second-order valence-electron chi connectivity index (χ2n) is 5.05. The Labute approximate surface area is 118 Å². The zero-order valence-corrected chi connectivity index (χ0v) is 12.4. The van der Waals surface area contributed by atoms with Crippen LogP contribution in [-0.4, -0.2) is 31.4 Å². The lowest BCUT2D eigenvalue weighted by molar-refractivity contribution is -0.113. The first-order chi connectivity index (χ1) is 8.59. The first-order valence-corrected chi connectivity index (χ1v) is 7.83. The van der Waals surface area contributed by atoms with Crippen molar-refractivity contribution in [2.45, 2.75) is 19.4 Å². The number of carbonyl (C=O) groups excluding carboxylic acids is 1. The molecule has 1 rings (SSSR count). The lowest BCUT2D eigenvalue weighted by atomic mass is 10.1. The molecule has 0 heterocycles. The van der Waals surface area contributed by atoms with Gasteiger partial charge in [-0.3, -0.25) is 4.79 Å². The fourth-order valence-electron chi connectivity index (χ4n) is 1.57. The van der Waals surface area contributed by atoms with E-state index in [-0.39, 0.29) is 5.75 Å². The lowest BCUT2D eigenvalue weighted by Gasteiger charge is -2.18. The monoisotopic (exact) mass is 304 g/mol. The van der Waals surface area contributed by atoms with E-state index < -0.39 is 27.0 Å². The molecule has 3 N–H and O–H groups in total. The topological polar surface area (TPSA) is 89.3 Å². The molecule has 0 bridgehead atoms. The first kappa shape index (κ1) is 15.9. The van der Waals surface area contributed by atoms with Crippen LogP contribution in [0.25, 0.3) is 0 Å². The Kier molecular flexibility index (Phi) is 4.95. The maximum atomic E-state index is 11.8. The van der Waals surface area contributed by atoms with Gasteiger partial charge in [0.25, 0.3) is 0 Å². The van der Waals surface area contributed by atoms with Crippen molar-refractivity contribution in [1.82, 2.24) is 0 Å². The van der Waals surface area contributed by atoms with Gasteiger partial charge in [0, 0.05) is 5.54 Å². The number of nitrogens with two attached hydrogens (primary N) is 1. The second-order valence-corrected chi connectivity index (χ2v) is 7.52. The van der Waals surface area contributed by atoms with Crippen molar-refractivity contribution in [2.24, 2.45) is 5.73 Å². The number of nitrogens with one attached hydrogen (secondary N) is 1. The minimum Gasteiger partial charge on any atom is -0.325 e. The van der Waals surface area contributed by atoms with Crippen LogP contribution in [0.5, 0.6) is 0 Å². The van der Waals surface area contributed by atoms with Gasteiger partial charge in [-0.15, -0.1) is 0 Å². The van der Waals surface area contributed by atoms with Gasteiger partial charge >= 0.3 is 0 Å². The van der Waals surface area contributed by atoms with Crippen molar-refractivity contribution < 1.29 is 13.2 Å². The fourth-order valence-corrected chi connectivity index (χ4v) is 3.46. The molecule has 5 nitrogen and oxygen atoms in total. The highest BCUT2D eigenvalue weighted by Crippen LogP contribution is 2.20. The van der Waals surface area contributed by atoms with Crippen molar-refractivity contribution in [3.63, 3.8) is 0 Å². The Balaban J connectivity index is 2.69. The molecule has 1 amide bonds. The zero-order chi connectivity index (χ0) is 14.7. The van der Waals surface area contributed by atoms with E-state index in [1.807, 2.05) is 0 Å². The van der Waals surface area contributed by atoms with Crippen molar-refractivity contribution in [1.29, 1.82) is 0 Å². The van der Waals surface area contributed by atoms with E-state index in [2.05, 4.69) is 5.32 Å². The average molecular weight is 305 g/mol. The summed E-state index contributed by atoms with van der Waals surface area (Å²) in [6.45, 7) is 3.19. The molecule has 0 aliphatic heterocycles. The van der Waals surface area contributed by atoms with Crippen molar-refractivity contribution in [3.8, 4) is 0 Å². The smallest absolute Gasteiger partial charge is 0.239 e. The quantitative estimate of drug-likeness (QED) is 0.861. The molecule has 0 saturated heterocycles. The molecule has 0 saturated carbocycles. The van der Waals surface area contributed by atoms with Gasteiger partial charge in [0.1, 0.15) is 5.75 Å². The van der Waals surface area contributed by atoms with Gasteiger partial charge in [0.2, 0.25) is 5.91 Å². The maximum absolute atomic E-state index is 11.8. The summed E-state index contributed by atoms with van der Waals surface area (Å²) >= 11 is 5.86. The maximum Gasteiger partial charge on any atom is 0.239 e. The van der Waals surface area contributed by atoms with Crippen molar-refractivity contribution in [2.75, 3.05) is 16.8 Å². The Morgan fingerprint density at radius 3 is 2.47 bits per heavy atom. The Morgan fingerprint density at radius 1 is 1.37 bits per heavy atom. The van der Waals surface area contributed by atoms with Crippen LogP contribution >= 0.6 is 11.6 Å². The Bertz CT molecular complexity index is 565. The summed E-state index contributed by atoms with van der Waals surface area (Å²) in [7, 11) is -3.55. The number of rotatable bonds is 5. The third kappa shape index (κ3) is 6.04. The minimum atomic E-state index is -3.55. The number of hydrogen-bond donors (Lipinski definition) is 2. The van der Waals surface area contributed by atoms with Gasteiger partial charge in [0.15, 0.2) is 9.84 Å². The van der Waals surface area contributed by atoms with Crippen LogP contribution in [0, 0.1) is 0 Å². The van der Waals surface area contributed by atoms with Gasteiger partial charge in [-0.2, -0.15) is 0 Å². The number of benzene rings is 1. The van der Waals surface area contributed by atoms with E-state index in [4.69, 9.17) is 17.3 Å². The third-order valence-corrected chi connectivity index (χ3v) is 4.31. The highest BCUT2D eigenvalue weighted by Gasteiger charge is 2.24. The van der Waals surface area contributed by atoms with Crippen LogP contribution in [0.2, 0.25) is 5.02 Å². The molecule has 0 fully saturated rings. The van der Waals surface area contributed by atoms with Gasteiger partial charge in [0.05, 0.1) is 16.5 Å². The number of anilines is 1. The molecule has 0 unspecified atom stereocenters. The van der Waals surface area contributed by atoms with E-state index >= 15 is 0 Å². The van der Waals surface area contributed by atoms with Gasteiger partial charge in [-0.25, -0.2) is 8.42 Å². The standard InChI is InChI=1S/C12H17ClN2O3S/c1-12(2,14)8-19(17,18)7-11(16)15-10-6-4-3-5-9(10)13/h3-6H,7-8,14H2,1-2H3,(H,15,16). The van der Waals surface area contributed by atoms with Crippen LogP contribution in [0.1, 0.15) is 13.8 Å². The molecule has 19 heavy (non-hydrogen) atoms. The third-order valence-electron chi connectivity index (χ3n) is 2.09. The van der Waals surface area contributed by atoms with Crippen LogP contribution in [0.4, 0.5) is 5.69 Å². The van der Waals surface area contributed by atoms with E-state index in [0.29, 0.717) is 10.7 Å². The van der Waals surface area contributed by atoms with Gasteiger partial charge in [-0.1, -0.05) is 23.7 Å². The molecule has 0 atom stereocenters. The molecular weight excluding hydrogens is 288 g/mol. The summed E-state index contributed by atoms with van der Waals surface area (Å²) in [4.78, 5) is 11.7. The summed E-state index contributed by atoms with van der Waals surface area (Å²) in [5.41, 5.74) is 5.16. The second kappa shape index (κ2) is 5.90. The fraction of sp³-hybridized carbons (Fsp3) is 0.417. The molecule has 7 heteroatoms. The summed E-state index contributed by atoms with van der Waals surface area (Å²) < 4.78 is 23.5. The largest absolute Gasteiger partial charge is 0.325 e. The normalized spacial score (nSPS) is 12.2. The average Bonchev–Trinajstić information content (AvgIpc) is 2.16. The Hall–Kier alpha value is -1.11. The van der Waals surface area contributed by atoms with Crippen LogP contribution in [-0.2, 0) is 14.6 Å². The number of para-hydroxylation sites is 1. The number of amides is 1. The van der Waals surface area contributed by atoms with E-state index in [1.165, 1.54) is 0 Å². The molecular formula is C12H17ClN2O3S. The van der Waals surface area contributed by atoms with Crippen molar-refractivity contribution in [3.05, 3.63) is 29.3 Å². The van der Waals surface area contributed by atoms with Crippen LogP contribution in [0.3, 0.4) is 0 Å². The van der Waals surface area contributed by atoms with Gasteiger partial charge in [-0.05, 0) is 26.0 Å². The van der Waals surface area contributed by atoms with Gasteiger partial charge < -0.3 is 11.1 Å². The summed E-state index contributed by atoms with van der Waals surface area (Å²) in [5.74, 6) is -1.49. The first-order valence-electron chi connectivity index (χ1n) is 5.63. The molecule has 0 radical (unpaired) electrons. The highest BCUT2D eigenvalue weighted by molar-refractivity contribution is 7.92. The van der Waals surface area contributed by atoms with E-state index in [0.717, 1.165) is 0 Å². The van der Waals surface area contributed by atoms with E-state index in [1.54, 1.807) is 38.1 Å². The number of halogens is 1. The van der Waals surface area contributed by atoms with Crippen LogP contribution < -0.4 is 11.1 Å². The minimum absolute atomic E-state index is 0.254. The predicted molar refractivity (Wildman–Crippen MR) is 77.0 cm³/mol. The zero-order valence-electron chi connectivity index (χ0n) is 10.8. The molecule has 0 spiro atoms. The number of hydrogen-bond acceptors (Lipinski definition) is 4. The molecule has 0 aliphatic rings. The molecule has 0 aliphatic carbocycles. The SMILES string of the molecule is CC(C)(N)CS(=O)(=O)CC(=O)Nc1ccccc1Cl. The van der Waals surface area contributed by atoms with Crippen molar-refractivity contribution >= 4 is 33.0 Å². The summed E-state index contributed by atoms with van der Waals surface area (Å²) in [5, 5.41) is 2.82. The summed E-state index contributed by atoms with van der Waals surface area (Å²) in [6, 6.07) is 6.61. The predicted octanol–water partition coefficient (Wildman–Crippen LogP) is 1.43. The molecule has 1 aromatic rings. The molecule has 0 aromatic heterocycles. The Morgan fingerprint density at radius 2 is 1.95 bits per heavy atom. The highest BCUT2D eigenvalue weighted by atomic mass is 35.5. The number of sulfone groups is 1. The lowest BCUT2D eigenvalue weighted by Crippen LogP contribution is -2.42. The summed E-state index contributed by atoms with van der Waals surface area (Å²) in [6.07, 6.45) is 0. The molecule has 1 aromatic carbocycles.